The lowest BCUT2D eigenvalue weighted by molar-refractivity contribution is 0.314. The van der Waals surface area contributed by atoms with Crippen LogP contribution in [0.3, 0.4) is 0 Å². The average molecular weight is 357 g/mol. The number of aromatic hydroxyl groups is 1. The molecule has 1 aliphatic heterocycles. The van der Waals surface area contributed by atoms with Gasteiger partial charge in [0.15, 0.2) is 5.69 Å². The van der Waals surface area contributed by atoms with E-state index in [1.54, 1.807) is 6.07 Å². The molecule has 7 heteroatoms. The first-order chi connectivity index (χ1) is 12.9. The largest absolute Gasteiger partial charge is 0.496 e. The number of hydrogen-bond acceptors (Lipinski definition) is 5. The third kappa shape index (κ3) is 2.43. The number of methoxy groups -OCH3 is 1. The molecule has 1 aliphatic rings. The zero-order valence-electron chi connectivity index (χ0n) is 15.4. The summed E-state index contributed by atoms with van der Waals surface area (Å²) in [5, 5.41) is 13.5. The Morgan fingerprint density at radius 3 is 2.92 bits per heavy atom. The summed E-state index contributed by atoms with van der Waals surface area (Å²) in [7, 11) is 3.45. The highest BCUT2D eigenvalue weighted by Crippen LogP contribution is 2.44. The number of nitrogens with zero attached hydrogens (tertiary/aromatic N) is 2. The van der Waals surface area contributed by atoms with Crippen LogP contribution in [0.1, 0.15) is 12.5 Å². The minimum Gasteiger partial charge on any atom is -0.496 e. The highest BCUT2D eigenvalue weighted by molar-refractivity contribution is 6.00. The van der Waals surface area contributed by atoms with E-state index in [1.807, 2.05) is 7.05 Å². The molecule has 1 aromatic heterocycles. The van der Waals surface area contributed by atoms with E-state index >= 15 is 0 Å². The van der Waals surface area contributed by atoms with Crippen molar-refractivity contribution in [2.24, 2.45) is 5.18 Å². The topological polar surface area (TPSA) is 77.9 Å². The first-order valence-electron chi connectivity index (χ1n) is 8.70. The van der Waals surface area contributed by atoms with E-state index in [2.05, 4.69) is 15.1 Å². The molecule has 0 bridgehead atoms. The van der Waals surface area contributed by atoms with Crippen LogP contribution < -0.4 is 4.74 Å². The Bertz CT molecular complexity index is 1080. The standard InChI is InChI=1S/C19H18FN3O3/c1-23-6-5-11-12(13-7-10(20)3-4-16(13)26-2)8-14-17(15(11)9-23)21-19(24)18(14)22-25/h3-4,7-8,21,24H,5-6,9H2,1-2H3/i3T. The van der Waals surface area contributed by atoms with Crippen molar-refractivity contribution in [1.82, 2.24) is 9.88 Å². The van der Waals surface area contributed by atoms with Gasteiger partial charge < -0.3 is 19.7 Å². The Balaban J connectivity index is 2.10. The SMILES string of the molecule is [3H]c1cc(OC)c(-c2cc3c(N=O)c(O)[nH]c3c3c2CCN(C)C3)cc1F. The van der Waals surface area contributed by atoms with E-state index in [1.165, 1.54) is 19.2 Å². The number of likely N-dealkylation sites (N-methyl/N-ethyl adjacent to an activating group) is 1. The summed E-state index contributed by atoms with van der Waals surface area (Å²) in [4.78, 5) is 16.2. The number of hydrogen-bond donors (Lipinski definition) is 2. The third-order valence-electron chi connectivity index (χ3n) is 4.92. The van der Waals surface area contributed by atoms with Gasteiger partial charge in [-0.25, -0.2) is 4.39 Å². The van der Waals surface area contributed by atoms with Gasteiger partial charge in [0.25, 0.3) is 0 Å². The minimum atomic E-state index is -0.654. The zero-order valence-corrected chi connectivity index (χ0v) is 14.4. The van der Waals surface area contributed by atoms with E-state index in [9.17, 15) is 14.4 Å². The first kappa shape index (κ1) is 15.3. The number of nitrogens with one attached hydrogen (secondary N) is 1. The number of rotatable bonds is 3. The number of aromatic amines is 1. The summed E-state index contributed by atoms with van der Waals surface area (Å²) < 4.78 is 27.2. The molecule has 0 saturated heterocycles. The highest BCUT2D eigenvalue weighted by atomic mass is 19.1. The molecule has 134 valence electrons. The molecular weight excluding hydrogens is 337 g/mol. The summed E-state index contributed by atoms with van der Waals surface area (Å²) in [6.45, 7) is 1.43. The fraction of sp³-hybridized carbons (Fsp3) is 0.263. The molecule has 0 saturated carbocycles. The Morgan fingerprint density at radius 2 is 2.19 bits per heavy atom. The Kier molecular flexibility index (Phi) is 3.60. The Labute approximate surface area is 150 Å². The maximum absolute atomic E-state index is 14.2. The molecule has 6 nitrogen and oxygen atoms in total. The second kappa shape index (κ2) is 6.10. The summed E-state index contributed by atoms with van der Waals surface area (Å²) in [6.07, 6.45) is 0.716. The predicted molar refractivity (Wildman–Crippen MR) is 97.4 cm³/mol. The Hall–Kier alpha value is -2.93. The number of benzene rings is 2. The molecule has 0 atom stereocenters. The number of aromatic nitrogens is 1. The van der Waals surface area contributed by atoms with Gasteiger partial charge in [0.05, 0.1) is 14.0 Å². The highest BCUT2D eigenvalue weighted by Gasteiger charge is 2.25. The summed E-state index contributed by atoms with van der Waals surface area (Å²) in [5.74, 6) is -0.562. The van der Waals surface area contributed by atoms with Crippen molar-refractivity contribution in [3.05, 3.63) is 46.1 Å². The zero-order chi connectivity index (χ0) is 19.3. The van der Waals surface area contributed by atoms with Crippen molar-refractivity contribution in [2.45, 2.75) is 13.0 Å². The summed E-state index contributed by atoms with van der Waals surface area (Å²) >= 11 is 0. The Morgan fingerprint density at radius 1 is 1.38 bits per heavy atom. The van der Waals surface area contributed by atoms with Gasteiger partial charge >= 0.3 is 0 Å². The molecule has 0 unspecified atom stereocenters. The first-order valence-corrected chi connectivity index (χ1v) is 8.20. The maximum atomic E-state index is 14.2. The number of H-pyrrole nitrogens is 1. The lowest BCUT2D eigenvalue weighted by Crippen LogP contribution is -2.27. The van der Waals surface area contributed by atoms with Crippen molar-refractivity contribution in [3.8, 4) is 22.8 Å². The van der Waals surface area contributed by atoms with Gasteiger partial charge in [-0.05, 0) is 59.6 Å². The van der Waals surface area contributed by atoms with Gasteiger partial charge in [0.2, 0.25) is 5.88 Å². The van der Waals surface area contributed by atoms with Crippen LogP contribution in [0.2, 0.25) is 0 Å². The summed E-state index contributed by atoms with van der Waals surface area (Å²) in [6, 6.07) is 4.10. The maximum Gasteiger partial charge on any atom is 0.219 e. The predicted octanol–water partition coefficient (Wildman–Crippen LogP) is 4.07. The number of nitroso groups, excluding NO2 is 1. The average Bonchev–Trinajstić information content (AvgIpc) is 2.98. The van der Waals surface area contributed by atoms with Crippen LogP contribution in [-0.4, -0.2) is 35.7 Å². The van der Waals surface area contributed by atoms with Crippen molar-refractivity contribution < 1.29 is 15.6 Å². The van der Waals surface area contributed by atoms with E-state index in [-0.39, 0.29) is 17.6 Å². The molecule has 0 aliphatic carbocycles. The van der Waals surface area contributed by atoms with Crippen molar-refractivity contribution >= 4 is 16.6 Å². The molecule has 2 aromatic carbocycles. The quantitative estimate of drug-likeness (QED) is 0.693. The van der Waals surface area contributed by atoms with E-state index in [0.29, 0.717) is 40.7 Å². The van der Waals surface area contributed by atoms with Crippen LogP contribution in [0, 0.1) is 10.7 Å². The van der Waals surface area contributed by atoms with Gasteiger partial charge in [-0.2, -0.15) is 0 Å². The van der Waals surface area contributed by atoms with Gasteiger partial charge in [-0.3, -0.25) is 0 Å². The second-order valence-electron chi connectivity index (χ2n) is 6.47. The number of fused-ring (bicyclic) bond motifs is 3. The van der Waals surface area contributed by atoms with Crippen LogP contribution >= 0.6 is 0 Å². The van der Waals surface area contributed by atoms with Gasteiger partial charge in [0.1, 0.15) is 11.6 Å². The fourth-order valence-electron chi connectivity index (χ4n) is 3.69. The molecule has 2 N–H and O–H groups in total. The molecule has 2 heterocycles. The van der Waals surface area contributed by atoms with Crippen LogP contribution in [0.4, 0.5) is 10.1 Å². The third-order valence-corrected chi connectivity index (χ3v) is 4.92. The molecular formula is C19H18FN3O3. The molecule has 0 radical (unpaired) electrons. The molecule has 26 heavy (non-hydrogen) atoms. The lowest BCUT2D eigenvalue weighted by atomic mass is 9.88. The normalized spacial score (nSPS) is 15.0. The van der Waals surface area contributed by atoms with Crippen molar-refractivity contribution in [1.29, 1.82) is 0 Å². The molecule has 0 spiro atoms. The molecule has 4 rings (SSSR count). The minimum absolute atomic E-state index is 0.0705. The fourth-order valence-corrected chi connectivity index (χ4v) is 3.69. The van der Waals surface area contributed by atoms with Crippen LogP contribution in [-0.2, 0) is 13.0 Å². The smallest absolute Gasteiger partial charge is 0.219 e. The van der Waals surface area contributed by atoms with Crippen LogP contribution in [0.5, 0.6) is 11.6 Å². The molecule has 3 aromatic rings. The van der Waals surface area contributed by atoms with Crippen LogP contribution in [0.15, 0.2) is 29.4 Å². The van der Waals surface area contributed by atoms with E-state index in [4.69, 9.17) is 6.11 Å². The van der Waals surface area contributed by atoms with E-state index in [0.717, 1.165) is 17.7 Å². The molecule has 0 amide bonds. The second-order valence-corrected chi connectivity index (χ2v) is 6.47. The van der Waals surface area contributed by atoms with E-state index < -0.39 is 5.82 Å². The lowest BCUT2D eigenvalue weighted by Gasteiger charge is -2.28. The summed E-state index contributed by atoms with van der Waals surface area (Å²) in [5.41, 5.74) is 3.73. The van der Waals surface area contributed by atoms with Gasteiger partial charge in [-0.1, -0.05) is 0 Å². The van der Waals surface area contributed by atoms with Crippen molar-refractivity contribution in [3.63, 3.8) is 0 Å². The van der Waals surface area contributed by atoms with Gasteiger partial charge in [-0.15, -0.1) is 4.91 Å². The van der Waals surface area contributed by atoms with Crippen molar-refractivity contribution in [2.75, 3.05) is 20.7 Å². The number of ether oxygens (including phenoxy) is 1. The number of halogens is 1. The monoisotopic (exact) mass is 357 g/mol. The van der Waals surface area contributed by atoms with Crippen LogP contribution in [0.25, 0.3) is 22.0 Å². The van der Waals surface area contributed by atoms with Gasteiger partial charge in [0, 0.05) is 24.0 Å². The molecule has 0 fully saturated rings.